The highest BCUT2D eigenvalue weighted by atomic mass is 32.1. The molecule has 0 aliphatic carbocycles. The van der Waals surface area contributed by atoms with Gasteiger partial charge in [0.15, 0.2) is 5.69 Å². The van der Waals surface area contributed by atoms with Crippen molar-refractivity contribution in [1.82, 2.24) is 35.5 Å². The van der Waals surface area contributed by atoms with Crippen molar-refractivity contribution in [3.8, 4) is 11.1 Å². The van der Waals surface area contributed by atoms with E-state index in [2.05, 4.69) is 42.2 Å². The highest BCUT2D eigenvalue weighted by molar-refractivity contribution is 7.15. The van der Waals surface area contributed by atoms with Gasteiger partial charge in [0.1, 0.15) is 11.2 Å². The molecule has 1 aromatic carbocycles. The summed E-state index contributed by atoms with van der Waals surface area (Å²) in [5, 5.41) is 21.6. The highest BCUT2D eigenvalue weighted by Gasteiger charge is 2.15. The number of hydrogen-bond donors (Lipinski definition) is 2. The van der Waals surface area contributed by atoms with E-state index in [1.165, 1.54) is 29.3 Å². The lowest BCUT2D eigenvalue weighted by molar-refractivity contribution is -0.115. The average molecular weight is 509 g/mol. The van der Waals surface area contributed by atoms with E-state index >= 15 is 0 Å². The van der Waals surface area contributed by atoms with Crippen LogP contribution in [0.3, 0.4) is 0 Å². The van der Waals surface area contributed by atoms with Gasteiger partial charge in [-0.2, -0.15) is 0 Å². The number of anilines is 1. The summed E-state index contributed by atoms with van der Waals surface area (Å²) in [5.74, 6) is -0.636. The molecule has 0 aliphatic rings. The molecule has 0 spiro atoms. The van der Waals surface area contributed by atoms with Gasteiger partial charge in [0, 0.05) is 19.7 Å². The lowest BCUT2D eigenvalue weighted by Gasteiger charge is -2.06. The topological polar surface area (TPSA) is 128 Å². The van der Waals surface area contributed by atoms with Gasteiger partial charge in [-0.1, -0.05) is 46.4 Å². The number of pyridine rings is 1. The maximum atomic E-state index is 14.4. The molecule has 12 heteroatoms. The second-order valence-electron chi connectivity index (χ2n) is 8.17. The first-order valence-electron chi connectivity index (χ1n) is 11.3. The second kappa shape index (κ2) is 11.6. The van der Waals surface area contributed by atoms with E-state index in [-0.39, 0.29) is 36.9 Å². The molecule has 0 aliphatic heterocycles. The monoisotopic (exact) mass is 508 g/mol. The molecule has 3 heterocycles. The van der Waals surface area contributed by atoms with Gasteiger partial charge in [-0.3, -0.25) is 14.6 Å². The Kier molecular flexibility index (Phi) is 8.06. The van der Waals surface area contributed by atoms with Gasteiger partial charge in [-0.05, 0) is 36.6 Å². The van der Waals surface area contributed by atoms with Gasteiger partial charge >= 0.3 is 0 Å². The number of alkyl halides is 1. The van der Waals surface area contributed by atoms with Crippen molar-refractivity contribution >= 4 is 28.3 Å². The van der Waals surface area contributed by atoms with Crippen molar-refractivity contribution < 1.29 is 14.0 Å². The van der Waals surface area contributed by atoms with Crippen molar-refractivity contribution in [2.75, 3.05) is 12.4 Å². The summed E-state index contributed by atoms with van der Waals surface area (Å²) in [6.07, 6.45) is 2.51. The number of aryl methyl sites for hydroxylation is 2. The van der Waals surface area contributed by atoms with E-state index in [0.29, 0.717) is 22.3 Å². The first-order valence-corrected chi connectivity index (χ1v) is 12.1. The maximum Gasteiger partial charge on any atom is 0.273 e. The first-order chi connectivity index (χ1) is 17.4. The smallest absolute Gasteiger partial charge is 0.273 e. The second-order valence-corrected chi connectivity index (χ2v) is 9.23. The zero-order valence-corrected chi connectivity index (χ0v) is 20.6. The lowest BCUT2D eigenvalue weighted by atomic mass is 10.0. The fourth-order valence-electron chi connectivity index (χ4n) is 3.51. The quantitative estimate of drug-likeness (QED) is 0.337. The molecule has 1 unspecified atom stereocenters. The largest absolute Gasteiger partial charge is 0.354 e. The van der Waals surface area contributed by atoms with Crippen LogP contribution >= 0.6 is 11.3 Å². The number of carbonyl (C=O) groups is 2. The van der Waals surface area contributed by atoms with E-state index in [0.717, 1.165) is 16.7 Å². The van der Waals surface area contributed by atoms with E-state index in [4.69, 9.17) is 0 Å². The molecular weight excluding hydrogens is 483 g/mol. The Morgan fingerprint density at radius 2 is 1.97 bits per heavy atom. The Hall–Kier alpha value is -4.06. The molecule has 0 saturated carbocycles. The zero-order valence-electron chi connectivity index (χ0n) is 19.8. The van der Waals surface area contributed by atoms with Crippen LogP contribution in [0.2, 0.25) is 0 Å². The molecule has 0 bridgehead atoms. The van der Waals surface area contributed by atoms with Crippen LogP contribution in [0.4, 0.5) is 9.52 Å². The number of carbonyl (C=O) groups excluding carboxylic acids is 2. The fraction of sp³-hybridized carbons (Fsp3) is 0.292. The molecular formula is C24H25FN8O2S. The van der Waals surface area contributed by atoms with Crippen LogP contribution in [-0.2, 0) is 24.2 Å². The number of amides is 2. The average Bonchev–Trinajstić information content (AvgIpc) is 3.52. The molecule has 4 aromatic rings. The van der Waals surface area contributed by atoms with Gasteiger partial charge in [0.2, 0.25) is 11.0 Å². The predicted octanol–water partition coefficient (Wildman–Crippen LogP) is 3.01. The number of aromatic nitrogens is 6. The van der Waals surface area contributed by atoms with E-state index in [9.17, 15) is 14.0 Å². The molecule has 3 aromatic heterocycles. The van der Waals surface area contributed by atoms with Crippen LogP contribution < -0.4 is 10.6 Å². The van der Waals surface area contributed by atoms with Crippen LogP contribution in [0, 0.1) is 6.92 Å². The Morgan fingerprint density at radius 3 is 2.78 bits per heavy atom. The minimum atomic E-state index is -1.21. The van der Waals surface area contributed by atoms with E-state index < -0.39 is 6.17 Å². The molecule has 0 saturated heterocycles. The molecule has 2 amide bonds. The van der Waals surface area contributed by atoms with Crippen LogP contribution in [0.5, 0.6) is 0 Å². The number of nitrogens with one attached hydrogen (secondary N) is 2. The van der Waals surface area contributed by atoms with E-state index in [1.54, 1.807) is 6.20 Å². The third-order valence-electron chi connectivity index (χ3n) is 5.28. The Labute approximate surface area is 211 Å². The summed E-state index contributed by atoms with van der Waals surface area (Å²) < 4.78 is 15.7. The molecule has 1 atom stereocenters. The summed E-state index contributed by atoms with van der Waals surface area (Å²) in [6.45, 7) is 2.01. The molecule has 2 N–H and O–H groups in total. The third kappa shape index (κ3) is 6.75. The number of benzene rings is 1. The molecule has 0 radical (unpaired) electrons. The number of rotatable bonds is 10. The zero-order chi connectivity index (χ0) is 25.5. The minimum absolute atomic E-state index is 0.0268. The number of halogens is 1. The lowest BCUT2D eigenvalue weighted by Crippen LogP contribution is -2.18. The van der Waals surface area contributed by atoms with Crippen molar-refractivity contribution in [1.29, 1.82) is 0 Å². The van der Waals surface area contributed by atoms with Gasteiger partial charge in [-0.25, -0.2) is 9.07 Å². The van der Waals surface area contributed by atoms with Gasteiger partial charge in [0.25, 0.3) is 5.91 Å². The Morgan fingerprint density at radius 1 is 1.14 bits per heavy atom. The summed E-state index contributed by atoms with van der Waals surface area (Å²) in [4.78, 5) is 28.3. The SMILES string of the molecule is CNC(=O)c1cn(CC(F)CCc2nnc(NC(=O)Cc3cc(-c4cccc(C)c4)ccn3)s2)nn1. The fourth-order valence-corrected chi connectivity index (χ4v) is 4.28. The standard InChI is InChI=1S/C24H25FN8O2S/c1-15-4-3-5-16(10-15)17-8-9-27-19(11-17)12-21(34)28-24-31-30-22(36-24)7-6-18(25)13-33-14-20(29-32-33)23(35)26-2/h3-5,8-11,14,18H,6-7,12-13H2,1-2H3,(H,26,35)(H,28,31,34). The van der Waals surface area contributed by atoms with Crippen molar-refractivity contribution in [3.63, 3.8) is 0 Å². The van der Waals surface area contributed by atoms with Crippen molar-refractivity contribution in [3.05, 3.63) is 70.8 Å². The number of nitrogens with zero attached hydrogens (tertiary/aromatic N) is 6. The van der Waals surface area contributed by atoms with Gasteiger partial charge in [-0.15, -0.1) is 15.3 Å². The summed E-state index contributed by atoms with van der Waals surface area (Å²) in [5.41, 5.74) is 3.99. The van der Waals surface area contributed by atoms with Gasteiger partial charge in [0.05, 0.1) is 24.9 Å². The van der Waals surface area contributed by atoms with Crippen LogP contribution in [0.25, 0.3) is 11.1 Å². The minimum Gasteiger partial charge on any atom is -0.354 e. The number of hydrogen-bond acceptors (Lipinski definition) is 8. The third-order valence-corrected chi connectivity index (χ3v) is 6.18. The predicted molar refractivity (Wildman–Crippen MR) is 133 cm³/mol. The maximum absolute atomic E-state index is 14.4. The summed E-state index contributed by atoms with van der Waals surface area (Å²) in [6, 6.07) is 11.9. The molecule has 4 rings (SSSR count). The van der Waals surface area contributed by atoms with Gasteiger partial charge < -0.3 is 10.6 Å². The molecule has 10 nitrogen and oxygen atoms in total. The van der Waals surface area contributed by atoms with E-state index in [1.807, 2.05) is 37.3 Å². The van der Waals surface area contributed by atoms with Crippen LogP contribution in [0.1, 0.15) is 33.2 Å². The summed E-state index contributed by atoms with van der Waals surface area (Å²) in [7, 11) is 1.49. The van der Waals surface area contributed by atoms with Crippen molar-refractivity contribution in [2.24, 2.45) is 0 Å². The first kappa shape index (κ1) is 25.0. The van der Waals surface area contributed by atoms with Crippen LogP contribution in [0.15, 0.2) is 48.8 Å². The molecule has 0 fully saturated rings. The Balaban J connectivity index is 1.26. The van der Waals surface area contributed by atoms with Crippen molar-refractivity contribution in [2.45, 2.75) is 38.9 Å². The molecule has 36 heavy (non-hydrogen) atoms. The van der Waals surface area contributed by atoms with Crippen LogP contribution in [-0.4, -0.2) is 55.2 Å². The normalized spacial score (nSPS) is 11.8. The summed E-state index contributed by atoms with van der Waals surface area (Å²) >= 11 is 1.20. The highest BCUT2D eigenvalue weighted by Crippen LogP contribution is 2.22. The molecule has 186 valence electrons. The Bertz CT molecular complexity index is 1360.